The van der Waals surface area contributed by atoms with Crippen LogP contribution in [0.25, 0.3) is 21.5 Å². The standard InChI is InChI=1S/C32H30O8/c1-17-11-13-19-25(15-17)27(39-31(37)23-9-5-3-7-21(23)29(33)34)20-14-12-18(2)16-26(20)28(19)40-32(38)24-10-6-4-8-22(24)30(35)36/h3-6,11-16,21-24H,7-10H2,1-2H3,(H,33,34)(H,35,36). The Kier molecular flexibility index (Phi) is 7.43. The van der Waals surface area contributed by atoms with Gasteiger partial charge in [-0.25, -0.2) is 0 Å². The van der Waals surface area contributed by atoms with Crippen molar-refractivity contribution in [3.63, 3.8) is 0 Å². The van der Waals surface area contributed by atoms with Crippen LogP contribution in [0.1, 0.15) is 36.8 Å². The fourth-order valence-electron chi connectivity index (χ4n) is 5.65. The molecule has 3 aromatic rings. The summed E-state index contributed by atoms with van der Waals surface area (Å²) >= 11 is 0. The first-order valence-electron chi connectivity index (χ1n) is 13.3. The molecule has 0 amide bonds. The number of ether oxygens (including phenoxy) is 2. The Hall–Kier alpha value is -4.46. The summed E-state index contributed by atoms with van der Waals surface area (Å²) in [6.45, 7) is 3.77. The van der Waals surface area contributed by atoms with Crippen molar-refractivity contribution in [3.8, 4) is 11.5 Å². The second-order valence-electron chi connectivity index (χ2n) is 10.6. The number of benzene rings is 3. The molecule has 8 nitrogen and oxygen atoms in total. The summed E-state index contributed by atoms with van der Waals surface area (Å²) in [4.78, 5) is 50.5. The second kappa shape index (κ2) is 11.0. The Labute approximate surface area is 230 Å². The minimum atomic E-state index is -1.05. The molecule has 0 aromatic heterocycles. The molecule has 2 aliphatic rings. The van der Waals surface area contributed by atoms with Crippen LogP contribution in [0, 0.1) is 37.5 Å². The highest BCUT2D eigenvalue weighted by Crippen LogP contribution is 2.45. The van der Waals surface area contributed by atoms with Crippen LogP contribution >= 0.6 is 0 Å². The molecule has 5 rings (SSSR count). The van der Waals surface area contributed by atoms with Crippen LogP contribution in [0.5, 0.6) is 11.5 Å². The van der Waals surface area contributed by atoms with Gasteiger partial charge >= 0.3 is 23.9 Å². The Morgan fingerprint density at radius 3 is 1.27 bits per heavy atom. The van der Waals surface area contributed by atoms with Gasteiger partial charge < -0.3 is 19.7 Å². The van der Waals surface area contributed by atoms with Crippen LogP contribution < -0.4 is 9.47 Å². The summed E-state index contributed by atoms with van der Waals surface area (Å²) < 4.78 is 12.0. The van der Waals surface area contributed by atoms with E-state index in [9.17, 15) is 29.4 Å². The van der Waals surface area contributed by atoms with Crippen molar-refractivity contribution in [1.29, 1.82) is 0 Å². The molecule has 0 saturated heterocycles. The first kappa shape index (κ1) is 27.1. The summed E-state index contributed by atoms with van der Waals surface area (Å²) in [5.41, 5.74) is 1.75. The third-order valence-corrected chi connectivity index (χ3v) is 7.84. The number of carboxylic acids is 2. The monoisotopic (exact) mass is 542 g/mol. The molecular formula is C32H30O8. The average Bonchev–Trinajstić information content (AvgIpc) is 2.94. The summed E-state index contributed by atoms with van der Waals surface area (Å²) in [5.74, 6) is -6.28. The van der Waals surface area contributed by atoms with Gasteiger partial charge in [-0.3, -0.25) is 19.2 Å². The van der Waals surface area contributed by atoms with Crippen molar-refractivity contribution in [2.45, 2.75) is 39.5 Å². The van der Waals surface area contributed by atoms with Gasteiger partial charge in [-0.1, -0.05) is 59.7 Å². The van der Waals surface area contributed by atoms with Crippen molar-refractivity contribution >= 4 is 45.4 Å². The van der Waals surface area contributed by atoms with Gasteiger partial charge in [-0.2, -0.15) is 0 Å². The molecule has 4 unspecified atom stereocenters. The number of aryl methyl sites for hydroxylation is 2. The number of allylic oxidation sites excluding steroid dienone is 4. The molecule has 2 aliphatic carbocycles. The fraction of sp³-hybridized carbons (Fsp3) is 0.312. The van der Waals surface area contributed by atoms with Crippen LogP contribution in [0.3, 0.4) is 0 Å². The van der Waals surface area contributed by atoms with Crippen LogP contribution in [0.15, 0.2) is 60.7 Å². The Morgan fingerprint density at radius 1 is 0.575 bits per heavy atom. The zero-order valence-electron chi connectivity index (χ0n) is 22.3. The van der Waals surface area contributed by atoms with Gasteiger partial charge in [0.15, 0.2) is 0 Å². The first-order valence-corrected chi connectivity index (χ1v) is 13.3. The number of rotatable bonds is 6. The average molecular weight is 543 g/mol. The zero-order chi connectivity index (χ0) is 28.6. The highest BCUT2D eigenvalue weighted by molar-refractivity contribution is 6.13. The molecule has 0 aliphatic heterocycles. The summed E-state index contributed by atoms with van der Waals surface area (Å²) in [5, 5.41) is 21.5. The molecule has 2 N–H and O–H groups in total. The van der Waals surface area contributed by atoms with Crippen LogP contribution in [0.4, 0.5) is 0 Å². The quantitative estimate of drug-likeness (QED) is 0.174. The Bertz CT molecular complexity index is 1480. The summed E-state index contributed by atoms with van der Waals surface area (Å²) in [6, 6.07) is 10.9. The first-order chi connectivity index (χ1) is 19.2. The maximum Gasteiger partial charge on any atom is 0.315 e. The number of fused-ring (bicyclic) bond motifs is 2. The number of carbonyl (C=O) groups excluding carboxylic acids is 2. The molecule has 0 fully saturated rings. The normalized spacial score (nSPS) is 22.2. The van der Waals surface area contributed by atoms with E-state index in [-0.39, 0.29) is 37.2 Å². The van der Waals surface area contributed by atoms with E-state index in [1.165, 1.54) is 0 Å². The molecule has 0 bridgehead atoms. The summed E-state index contributed by atoms with van der Waals surface area (Å²) in [7, 11) is 0. The van der Waals surface area contributed by atoms with Gasteiger partial charge in [-0.05, 0) is 51.7 Å². The van der Waals surface area contributed by atoms with Crippen molar-refractivity contribution in [2.24, 2.45) is 23.7 Å². The third kappa shape index (κ3) is 5.09. The number of hydrogen-bond donors (Lipinski definition) is 2. The predicted octanol–water partition coefficient (Wildman–Crippen LogP) is 5.75. The van der Waals surface area contributed by atoms with Crippen LogP contribution in [-0.4, -0.2) is 34.1 Å². The molecule has 8 heteroatoms. The van der Waals surface area contributed by atoms with E-state index in [0.29, 0.717) is 21.5 Å². The minimum absolute atomic E-state index is 0.247. The van der Waals surface area contributed by atoms with E-state index in [0.717, 1.165) is 11.1 Å². The van der Waals surface area contributed by atoms with E-state index in [4.69, 9.17) is 9.47 Å². The van der Waals surface area contributed by atoms with E-state index < -0.39 is 47.5 Å². The molecule has 0 radical (unpaired) electrons. The van der Waals surface area contributed by atoms with Gasteiger partial charge in [0.05, 0.1) is 23.7 Å². The van der Waals surface area contributed by atoms with E-state index in [2.05, 4.69) is 0 Å². The lowest BCUT2D eigenvalue weighted by Gasteiger charge is -2.25. The van der Waals surface area contributed by atoms with Gasteiger partial charge in [0, 0.05) is 21.5 Å². The highest BCUT2D eigenvalue weighted by Gasteiger charge is 2.37. The maximum absolute atomic E-state index is 13.4. The lowest BCUT2D eigenvalue weighted by atomic mass is 9.83. The summed E-state index contributed by atoms with van der Waals surface area (Å²) in [6.07, 6.45) is 8.14. The minimum Gasteiger partial charge on any atom is -0.481 e. The van der Waals surface area contributed by atoms with E-state index in [1.54, 1.807) is 36.4 Å². The number of carbonyl (C=O) groups is 4. The lowest BCUT2D eigenvalue weighted by molar-refractivity contribution is -0.152. The largest absolute Gasteiger partial charge is 0.481 e. The van der Waals surface area contributed by atoms with Crippen LogP contribution in [-0.2, 0) is 19.2 Å². The lowest BCUT2D eigenvalue weighted by Crippen LogP contribution is -2.34. The van der Waals surface area contributed by atoms with Gasteiger partial charge in [-0.15, -0.1) is 0 Å². The SMILES string of the molecule is Cc1ccc2c(OC(=O)C3CC=CCC3C(=O)O)c3cc(C)ccc3c(OC(=O)C3CC=CCC3C(=O)O)c2c1. The molecule has 206 valence electrons. The maximum atomic E-state index is 13.4. The number of esters is 2. The second-order valence-corrected chi connectivity index (χ2v) is 10.6. The van der Waals surface area contributed by atoms with Crippen LogP contribution in [0.2, 0.25) is 0 Å². The number of aliphatic carboxylic acids is 2. The zero-order valence-corrected chi connectivity index (χ0v) is 22.3. The van der Waals surface area contributed by atoms with E-state index in [1.807, 2.05) is 38.1 Å². The van der Waals surface area contributed by atoms with Gasteiger partial charge in [0.1, 0.15) is 11.5 Å². The molecule has 3 aromatic carbocycles. The van der Waals surface area contributed by atoms with Gasteiger partial charge in [0.2, 0.25) is 0 Å². The van der Waals surface area contributed by atoms with Crippen molar-refractivity contribution < 1.29 is 38.9 Å². The predicted molar refractivity (Wildman–Crippen MR) is 148 cm³/mol. The van der Waals surface area contributed by atoms with Gasteiger partial charge in [0.25, 0.3) is 0 Å². The van der Waals surface area contributed by atoms with Crippen molar-refractivity contribution in [2.75, 3.05) is 0 Å². The number of hydrogen-bond acceptors (Lipinski definition) is 6. The topological polar surface area (TPSA) is 127 Å². The van der Waals surface area contributed by atoms with Crippen molar-refractivity contribution in [3.05, 3.63) is 71.8 Å². The molecule has 4 atom stereocenters. The molecular weight excluding hydrogens is 512 g/mol. The number of carboxylic acid groups (broad SMARTS) is 2. The van der Waals surface area contributed by atoms with E-state index >= 15 is 0 Å². The Morgan fingerprint density at radius 2 is 0.925 bits per heavy atom. The molecule has 40 heavy (non-hydrogen) atoms. The smallest absolute Gasteiger partial charge is 0.315 e. The Balaban J connectivity index is 1.63. The van der Waals surface area contributed by atoms with Crippen molar-refractivity contribution in [1.82, 2.24) is 0 Å². The molecule has 0 heterocycles. The molecule has 0 spiro atoms. The third-order valence-electron chi connectivity index (χ3n) is 7.84. The molecule has 0 saturated carbocycles. The fourth-order valence-corrected chi connectivity index (χ4v) is 5.65. The highest BCUT2D eigenvalue weighted by atomic mass is 16.5.